The quantitative estimate of drug-likeness (QED) is 0.568. The maximum atomic E-state index is 12.0. The summed E-state index contributed by atoms with van der Waals surface area (Å²) in [6.07, 6.45) is 1.74. The molecule has 2 rings (SSSR count). The Morgan fingerprint density at radius 1 is 0.731 bits per heavy atom. The minimum absolute atomic E-state index is 0.0942. The lowest BCUT2D eigenvalue weighted by atomic mass is 10.1. The summed E-state index contributed by atoms with van der Waals surface area (Å²) in [4.78, 5) is 24.1. The summed E-state index contributed by atoms with van der Waals surface area (Å²) < 4.78 is 0. The number of thioether (sulfide) groups is 2. The number of aryl methyl sites for hydroxylation is 2. The zero-order valence-electron chi connectivity index (χ0n) is 15.1. The van der Waals surface area contributed by atoms with Crippen molar-refractivity contribution in [2.45, 2.75) is 26.7 Å². The van der Waals surface area contributed by atoms with E-state index in [0.717, 1.165) is 35.3 Å². The van der Waals surface area contributed by atoms with Crippen molar-refractivity contribution < 1.29 is 9.59 Å². The standard InChI is InChI=1S/C20H24N2O2S2/c1-3-15-9-5-7-11-17(15)21-19(23)25-13-14-26-20(24)22-18-12-8-6-10-16(18)4-2/h5-12H,3-4,13-14H2,1-2H3,(H,21,23)(H,22,24). The molecule has 0 aliphatic heterocycles. The number of amides is 2. The van der Waals surface area contributed by atoms with Gasteiger partial charge in [0.15, 0.2) is 0 Å². The van der Waals surface area contributed by atoms with E-state index in [1.807, 2.05) is 48.5 Å². The third-order valence-corrected chi connectivity index (χ3v) is 5.62. The fourth-order valence-electron chi connectivity index (χ4n) is 2.46. The van der Waals surface area contributed by atoms with Gasteiger partial charge in [-0.3, -0.25) is 9.59 Å². The van der Waals surface area contributed by atoms with Gasteiger partial charge < -0.3 is 10.6 Å². The minimum Gasteiger partial charge on any atom is -0.317 e. The van der Waals surface area contributed by atoms with E-state index in [0.29, 0.717) is 11.5 Å². The highest BCUT2D eigenvalue weighted by Crippen LogP contribution is 2.20. The van der Waals surface area contributed by atoms with E-state index in [1.54, 1.807) is 0 Å². The molecular weight excluding hydrogens is 364 g/mol. The van der Waals surface area contributed by atoms with Crippen LogP contribution in [-0.2, 0) is 12.8 Å². The minimum atomic E-state index is -0.0942. The fourth-order valence-corrected chi connectivity index (χ4v) is 3.86. The highest BCUT2D eigenvalue weighted by atomic mass is 32.2. The molecule has 26 heavy (non-hydrogen) atoms. The van der Waals surface area contributed by atoms with Crippen molar-refractivity contribution in [1.82, 2.24) is 0 Å². The van der Waals surface area contributed by atoms with Gasteiger partial charge in [0, 0.05) is 22.9 Å². The van der Waals surface area contributed by atoms with E-state index >= 15 is 0 Å². The SMILES string of the molecule is CCc1ccccc1NC(=O)SCCSC(=O)Nc1ccccc1CC. The fraction of sp³-hybridized carbons (Fsp3) is 0.300. The van der Waals surface area contributed by atoms with Gasteiger partial charge in [0.2, 0.25) is 0 Å². The molecule has 0 radical (unpaired) electrons. The van der Waals surface area contributed by atoms with Gasteiger partial charge in [-0.25, -0.2) is 0 Å². The van der Waals surface area contributed by atoms with E-state index in [9.17, 15) is 9.59 Å². The van der Waals surface area contributed by atoms with Crippen LogP contribution in [0.4, 0.5) is 21.0 Å². The van der Waals surface area contributed by atoms with Gasteiger partial charge in [-0.15, -0.1) is 0 Å². The van der Waals surface area contributed by atoms with Crippen LogP contribution in [0, 0.1) is 0 Å². The lowest BCUT2D eigenvalue weighted by molar-refractivity contribution is 0.269. The smallest absolute Gasteiger partial charge is 0.283 e. The van der Waals surface area contributed by atoms with Crippen molar-refractivity contribution in [3.05, 3.63) is 59.7 Å². The third kappa shape index (κ3) is 6.42. The summed E-state index contributed by atoms with van der Waals surface area (Å²) in [7, 11) is 0. The highest BCUT2D eigenvalue weighted by molar-refractivity contribution is 8.17. The second-order valence-corrected chi connectivity index (χ2v) is 7.68. The normalized spacial score (nSPS) is 10.4. The van der Waals surface area contributed by atoms with Crippen LogP contribution in [0.1, 0.15) is 25.0 Å². The number of nitrogens with one attached hydrogen (secondary N) is 2. The van der Waals surface area contributed by atoms with Crippen LogP contribution < -0.4 is 10.6 Å². The average Bonchev–Trinajstić information content (AvgIpc) is 2.66. The van der Waals surface area contributed by atoms with Crippen LogP contribution in [0.3, 0.4) is 0 Å². The van der Waals surface area contributed by atoms with Crippen LogP contribution in [0.25, 0.3) is 0 Å². The number of hydrogen-bond acceptors (Lipinski definition) is 4. The first-order valence-electron chi connectivity index (χ1n) is 8.67. The lowest BCUT2D eigenvalue weighted by Gasteiger charge is -2.10. The van der Waals surface area contributed by atoms with Gasteiger partial charge in [-0.2, -0.15) is 0 Å². The molecule has 0 aliphatic carbocycles. The Kier molecular flexibility index (Phi) is 8.58. The summed E-state index contributed by atoms with van der Waals surface area (Å²) in [6, 6.07) is 15.6. The molecular formula is C20H24N2O2S2. The average molecular weight is 389 g/mol. The Hall–Kier alpha value is -1.92. The molecule has 2 N–H and O–H groups in total. The van der Waals surface area contributed by atoms with Gasteiger partial charge in [0.1, 0.15) is 0 Å². The van der Waals surface area contributed by atoms with Crippen molar-refractivity contribution >= 4 is 45.4 Å². The summed E-state index contributed by atoms with van der Waals surface area (Å²) in [5, 5.41) is 5.65. The molecule has 2 aromatic carbocycles. The Morgan fingerprint density at radius 2 is 1.12 bits per heavy atom. The topological polar surface area (TPSA) is 58.2 Å². The van der Waals surface area contributed by atoms with Crippen molar-refractivity contribution in [2.24, 2.45) is 0 Å². The van der Waals surface area contributed by atoms with Gasteiger partial charge in [0.25, 0.3) is 10.5 Å². The summed E-state index contributed by atoms with van der Waals surface area (Å²) >= 11 is 2.39. The summed E-state index contributed by atoms with van der Waals surface area (Å²) in [5.74, 6) is 1.15. The molecule has 0 unspecified atom stereocenters. The molecule has 4 nitrogen and oxygen atoms in total. The first-order valence-corrected chi connectivity index (χ1v) is 10.6. The molecule has 0 aliphatic rings. The maximum absolute atomic E-state index is 12.0. The van der Waals surface area contributed by atoms with Crippen LogP contribution in [0.15, 0.2) is 48.5 Å². The van der Waals surface area contributed by atoms with Crippen molar-refractivity contribution in [2.75, 3.05) is 22.1 Å². The monoisotopic (exact) mass is 388 g/mol. The first kappa shape index (κ1) is 20.4. The van der Waals surface area contributed by atoms with Crippen LogP contribution in [-0.4, -0.2) is 22.0 Å². The highest BCUT2D eigenvalue weighted by Gasteiger charge is 2.09. The number of para-hydroxylation sites is 2. The van der Waals surface area contributed by atoms with Gasteiger partial charge >= 0.3 is 0 Å². The number of carbonyl (C=O) groups is 2. The van der Waals surface area contributed by atoms with E-state index in [4.69, 9.17) is 0 Å². The molecule has 6 heteroatoms. The van der Waals surface area contributed by atoms with Crippen molar-refractivity contribution in [3.8, 4) is 0 Å². The zero-order chi connectivity index (χ0) is 18.8. The second-order valence-electron chi connectivity index (χ2n) is 5.54. The number of rotatable bonds is 7. The van der Waals surface area contributed by atoms with Gasteiger partial charge in [0.05, 0.1) is 0 Å². The van der Waals surface area contributed by atoms with Crippen molar-refractivity contribution in [1.29, 1.82) is 0 Å². The molecule has 2 aromatic rings. The van der Waals surface area contributed by atoms with E-state index in [2.05, 4.69) is 24.5 Å². The summed E-state index contributed by atoms with van der Waals surface area (Å²) in [5.41, 5.74) is 3.94. The van der Waals surface area contributed by atoms with Crippen LogP contribution in [0.5, 0.6) is 0 Å². The molecule has 0 atom stereocenters. The molecule has 0 aromatic heterocycles. The Bertz CT molecular complexity index is 687. The summed E-state index contributed by atoms with van der Waals surface area (Å²) in [6.45, 7) is 4.12. The number of benzene rings is 2. The molecule has 0 saturated carbocycles. The molecule has 0 heterocycles. The molecule has 2 amide bonds. The van der Waals surface area contributed by atoms with Crippen molar-refractivity contribution in [3.63, 3.8) is 0 Å². The maximum Gasteiger partial charge on any atom is 0.283 e. The molecule has 0 spiro atoms. The van der Waals surface area contributed by atoms with Crippen LogP contribution >= 0.6 is 23.5 Å². The zero-order valence-corrected chi connectivity index (χ0v) is 16.7. The van der Waals surface area contributed by atoms with E-state index in [-0.39, 0.29) is 10.5 Å². The number of carbonyl (C=O) groups excluding carboxylic acids is 2. The van der Waals surface area contributed by atoms with Crippen LogP contribution in [0.2, 0.25) is 0 Å². The lowest BCUT2D eigenvalue weighted by Crippen LogP contribution is -2.10. The van der Waals surface area contributed by atoms with E-state index < -0.39 is 0 Å². The number of anilines is 2. The predicted octanol–water partition coefficient (Wildman–Crippen LogP) is 6.04. The Labute approximate surface area is 163 Å². The first-order chi connectivity index (χ1) is 12.6. The number of hydrogen-bond donors (Lipinski definition) is 2. The largest absolute Gasteiger partial charge is 0.317 e. The molecule has 0 fully saturated rings. The molecule has 0 saturated heterocycles. The molecule has 0 bridgehead atoms. The Balaban J connectivity index is 1.71. The Morgan fingerprint density at radius 3 is 1.50 bits per heavy atom. The van der Waals surface area contributed by atoms with Gasteiger partial charge in [-0.05, 0) is 36.1 Å². The van der Waals surface area contributed by atoms with Gasteiger partial charge in [-0.1, -0.05) is 73.8 Å². The van der Waals surface area contributed by atoms with E-state index in [1.165, 1.54) is 23.5 Å². The second kappa shape index (κ2) is 10.9. The molecule has 138 valence electrons. The third-order valence-electron chi connectivity index (χ3n) is 3.82. The predicted molar refractivity (Wildman–Crippen MR) is 115 cm³/mol.